The predicted molar refractivity (Wildman–Crippen MR) is 110 cm³/mol. The van der Waals surface area contributed by atoms with Crippen molar-refractivity contribution in [2.45, 2.75) is 38.7 Å². The van der Waals surface area contributed by atoms with E-state index in [1.54, 1.807) is 7.11 Å². The third-order valence-electron chi connectivity index (χ3n) is 6.55. The Bertz CT molecular complexity index is 874. The molecule has 2 aliphatic heterocycles. The van der Waals surface area contributed by atoms with Gasteiger partial charge in [-0.2, -0.15) is 4.98 Å². The molecule has 7 nitrogen and oxygen atoms in total. The molecule has 1 saturated heterocycles. The fraction of sp³-hybridized carbons (Fsp3) is 0.545. The number of fused-ring (bicyclic) bond motifs is 3. The number of aromatic nitrogens is 2. The molecule has 1 saturated carbocycles. The maximum atomic E-state index is 10.4. The molecule has 3 aliphatic rings. The molecule has 5 rings (SSSR count). The molecule has 0 amide bonds. The van der Waals surface area contributed by atoms with E-state index in [1.807, 2.05) is 19.2 Å². The summed E-state index contributed by atoms with van der Waals surface area (Å²) in [4.78, 5) is 14.2. The highest BCUT2D eigenvalue weighted by molar-refractivity contribution is 5.55. The number of benzene rings is 1. The van der Waals surface area contributed by atoms with E-state index in [0.29, 0.717) is 31.6 Å². The molecule has 0 spiro atoms. The SMILES string of the molecule is COc1ccc(CN(C)c2nc3c(c(N4CC5CCC(C4)C5O)n2)COC3)cc1. The smallest absolute Gasteiger partial charge is 0.227 e. The number of nitrogens with zero attached hydrogens (tertiary/aromatic N) is 4. The van der Waals surface area contributed by atoms with E-state index in [0.717, 1.165) is 54.7 Å². The summed E-state index contributed by atoms with van der Waals surface area (Å²) in [6, 6.07) is 8.08. The van der Waals surface area contributed by atoms with E-state index in [4.69, 9.17) is 19.4 Å². The number of piperidine rings is 1. The monoisotopic (exact) mass is 396 g/mol. The Kier molecular flexibility index (Phi) is 4.80. The molecule has 1 aromatic heterocycles. The van der Waals surface area contributed by atoms with Crippen LogP contribution in [0.4, 0.5) is 11.8 Å². The summed E-state index contributed by atoms with van der Waals surface area (Å²) >= 11 is 0. The first kappa shape index (κ1) is 18.6. The third kappa shape index (κ3) is 3.42. The van der Waals surface area contributed by atoms with Crippen molar-refractivity contribution in [2.75, 3.05) is 37.0 Å². The Morgan fingerprint density at radius 1 is 1.14 bits per heavy atom. The molecule has 154 valence electrons. The summed E-state index contributed by atoms with van der Waals surface area (Å²) in [6.07, 6.45) is 2.06. The summed E-state index contributed by atoms with van der Waals surface area (Å²) in [5.41, 5.74) is 3.28. The largest absolute Gasteiger partial charge is 0.497 e. The molecular weight excluding hydrogens is 368 g/mol. The minimum atomic E-state index is -0.158. The summed E-state index contributed by atoms with van der Waals surface area (Å²) in [5, 5.41) is 10.4. The van der Waals surface area contributed by atoms with Crippen molar-refractivity contribution >= 4 is 11.8 Å². The molecule has 3 heterocycles. The zero-order valence-electron chi connectivity index (χ0n) is 17.0. The van der Waals surface area contributed by atoms with Crippen molar-refractivity contribution in [2.24, 2.45) is 11.8 Å². The second-order valence-corrected chi connectivity index (χ2v) is 8.46. The van der Waals surface area contributed by atoms with Crippen LogP contribution in [0.3, 0.4) is 0 Å². The van der Waals surface area contributed by atoms with E-state index < -0.39 is 0 Å². The van der Waals surface area contributed by atoms with Gasteiger partial charge in [-0.15, -0.1) is 0 Å². The van der Waals surface area contributed by atoms with Gasteiger partial charge in [-0.05, 0) is 30.5 Å². The topological polar surface area (TPSA) is 71.0 Å². The van der Waals surface area contributed by atoms with Crippen LogP contribution in [0.2, 0.25) is 0 Å². The van der Waals surface area contributed by atoms with Gasteiger partial charge < -0.3 is 24.4 Å². The Morgan fingerprint density at radius 3 is 2.55 bits per heavy atom. The second kappa shape index (κ2) is 7.46. The highest BCUT2D eigenvalue weighted by Crippen LogP contribution is 2.40. The van der Waals surface area contributed by atoms with E-state index in [1.165, 1.54) is 5.56 Å². The van der Waals surface area contributed by atoms with E-state index in [-0.39, 0.29) is 6.10 Å². The fourth-order valence-electron chi connectivity index (χ4n) is 4.90. The Morgan fingerprint density at radius 2 is 1.86 bits per heavy atom. The lowest BCUT2D eigenvalue weighted by atomic mass is 9.95. The molecule has 1 aliphatic carbocycles. The molecule has 29 heavy (non-hydrogen) atoms. The van der Waals surface area contributed by atoms with Crippen molar-refractivity contribution in [3.8, 4) is 5.75 Å². The Balaban J connectivity index is 1.41. The van der Waals surface area contributed by atoms with Gasteiger partial charge >= 0.3 is 0 Å². The average molecular weight is 396 g/mol. The molecule has 7 heteroatoms. The van der Waals surface area contributed by atoms with Gasteiger partial charge in [-0.1, -0.05) is 12.1 Å². The van der Waals surface area contributed by atoms with Crippen molar-refractivity contribution < 1.29 is 14.6 Å². The number of anilines is 2. The van der Waals surface area contributed by atoms with Crippen LogP contribution >= 0.6 is 0 Å². The van der Waals surface area contributed by atoms with E-state index in [2.05, 4.69) is 21.9 Å². The molecule has 2 bridgehead atoms. The standard InChI is InChI=1S/C22H28N4O3/c1-25(9-14-3-7-17(28-2)8-4-14)22-23-19-13-29-12-18(19)21(24-22)26-10-15-5-6-16(11-26)20(15)27/h3-4,7-8,15-16,20,27H,5-6,9-13H2,1-2H3. The van der Waals surface area contributed by atoms with Crippen LogP contribution in [0.1, 0.15) is 29.7 Å². The highest BCUT2D eigenvalue weighted by Gasteiger charge is 2.42. The van der Waals surface area contributed by atoms with E-state index >= 15 is 0 Å². The molecule has 1 N–H and O–H groups in total. The number of aliphatic hydroxyl groups is 1. The first-order chi connectivity index (χ1) is 14.1. The molecular formula is C22H28N4O3. The van der Waals surface area contributed by atoms with Crippen LogP contribution < -0.4 is 14.5 Å². The summed E-state index contributed by atoms with van der Waals surface area (Å²) in [7, 11) is 3.70. The van der Waals surface area contributed by atoms with Gasteiger partial charge in [0.2, 0.25) is 5.95 Å². The predicted octanol–water partition coefficient (Wildman–Crippen LogP) is 2.36. The number of rotatable bonds is 5. The van der Waals surface area contributed by atoms with Crippen LogP contribution in [0.25, 0.3) is 0 Å². The molecule has 2 unspecified atom stereocenters. The third-order valence-corrected chi connectivity index (χ3v) is 6.55. The lowest BCUT2D eigenvalue weighted by Crippen LogP contribution is -2.45. The number of ether oxygens (including phenoxy) is 2. The lowest BCUT2D eigenvalue weighted by Gasteiger charge is -2.37. The maximum absolute atomic E-state index is 10.4. The number of methoxy groups -OCH3 is 1. The minimum Gasteiger partial charge on any atom is -0.497 e. The van der Waals surface area contributed by atoms with Gasteiger partial charge in [0.15, 0.2) is 0 Å². The number of hydrogen-bond acceptors (Lipinski definition) is 7. The van der Waals surface area contributed by atoms with Gasteiger partial charge in [0.05, 0.1) is 32.1 Å². The van der Waals surface area contributed by atoms with Gasteiger partial charge in [-0.3, -0.25) is 0 Å². The molecule has 1 aromatic carbocycles. The van der Waals surface area contributed by atoms with Gasteiger partial charge in [0.25, 0.3) is 0 Å². The van der Waals surface area contributed by atoms with Crippen molar-refractivity contribution in [1.82, 2.24) is 9.97 Å². The van der Waals surface area contributed by atoms with Crippen molar-refractivity contribution in [1.29, 1.82) is 0 Å². The average Bonchev–Trinajstić information content (AvgIpc) is 3.27. The molecule has 0 radical (unpaired) electrons. The molecule has 2 atom stereocenters. The second-order valence-electron chi connectivity index (χ2n) is 8.46. The van der Waals surface area contributed by atoms with Gasteiger partial charge in [0, 0.05) is 44.1 Å². The molecule has 2 fully saturated rings. The zero-order chi connectivity index (χ0) is 20.0. The highest BCUT2D eigenvalue weighted by atomic mass is 16.5. The van der Waals surface area contributed by atoms with Crippen LogP contribution in [0.15, 0.2) is 24.3 Å². The summed E-state index contributed by atoms with van der Waals surface area (Å²) in [6.45, 7) is 3.55. The van der Waals surface area contributed by atoms with Crippen LogP contribution in [-0.2, 0) is 24.5 Å². The maximum Gasteiger partial charge on any atom is 0.227 e. The quantitative estimate of drug-likeness (QED) is 0.832. The van der Waals surface area contributed by atoms with Gasteiger partial charge in [0.1, 0.15) is 11.6 Å². The Labute approximate surface area is 171 Å². The zero-order valence-corrected chi connectivity index (χ0v) is 17.0. The normalized spacial score (nSPS) is 25.2. The Hall–Kier alpha value is -2.38. The number of hydrogen-bond donors (Lipinski definition) is 1. The number of aliphatic hydroxyl groups excluding tert-OH is 1. The molecule has 2 aromatic rings. The first-order valence-corrected chi connectivity index (χ1v) is 10.4. The minimum absolute atomic E-state index is 0.158. The van der Waals surface area contributed by atoms with E-state index in [9.17, 15) is 5.11 Å². The van der Waals surface area contributed by atoms with Gasteiger partial charge in [-0.25, -0.2) is 4.98 Å². The summed E-state index contributed by atoms with van der Waals surface area (Å²) in [5.74, 6) is 3.27. The van der Waals surface area contributed by atoms with Crippen molar-refractivity contribution in [3.05, 3.63) is 41.1 Å². The first-order valence-electron chi connectivity index (χ1n) is 10.4. The summed E-state index contributed by atoms with van der Waals surface area (Å²) < 4.78 is 11.0. The van der Waals surface area contributed by atoms with Crippen LogP contribution in [-0.4, -0.2) is 48.4 Å². The lowest BCUT2D eigenvalue weighted by molar-refractivity contribution is 0.0789. The fourth-order valence-corrected chi connectivity index (χ4v) is 4.90. The van der Waals surface area contributed by atoms with Crippen LogP contribution in [0, 0.1) is 11.8 Å². The van der Waals surface area contributed by atoms with Crippen molar-refractivity contribution in [3.63, 3.8) is 0 Å². The van der Waals surface area contributed by atoms with Crippen LogP contribution in [0.5, 0.6) is 5.75 Å².